The molecule has 0 aliphatic carbocycles. The number of thiazole rings is 1. The smallest absolute Gasteiger partial charge is 0.352 e. The molecule has 4 N–H and O–H groups in total. The number of nitrogens with one attached hydrogen (secondary N) is 2. The standard InChI is InChI=1S/C25H25N3O5S/c1-13-8-18(23(30)26-12-17-6-5-7-19(29)10-17)9-14(2)22(13)24(31)28-20(25(32)33)11-21-15(3)27-16(4)34-21/h5-11,29H,12H2,1-4H3,(H,26,30)(H,28,31)(H,32,33)/b20-11-. The minimum absolute atomic E-state index is 0.115. The normalized spacial score (nSPS) is 11.2. The number of hydrogen-bond donors (Lipinski definition) is 4. The lowest BCUT2D eigenvalue weighted by atomic mass is 9.98. The van der Waals surface area contributed by atoms with E-state index in [-0.39, 0.29) is 23.9 Å². The molecule has 3 rings (SSSR count). The second-order valence-corrected chi connectivity index (χ2v) is 9.07. The number of hydrogen-bond acceptors (Lipinski definition) is 6. The molecule has 176 valence electrons. The van der Waals surface area contributed by atoms with Crippen LogP contribution >= 0.6 is 11.3 Å². The summed E-state index contributed by atoms with van der Waals surface area (Å²) in [6.45, 7) is 7.21. The molecule has 0 saturated carbocycles. The van der Waals surface area contributed by atoms with Crippen molar-refractivity contribution < 1.29 is 24.6 Å². The van der Waals surface area contributed by atoms with Crippen LogP contribution in [0.5, 0.6) is 5.75 Å². The first kappa shape index (κ1) is 24.7. The summed E-state index contributed by atoms with van der Waals surface area (Å²) >= 11 is 1.34. The molecule has 2 amide bonds. The number of benzene rings is 2. The maximum atomic E-state index is 13.0. The van der Waals surface area contributed by atoms with Crippen molar-refractivity contribution in [3.63, 3.8) is 0 Å². The van der Waals surface area contributed by atoms with Gasteiger partial charge in [-0.15, -0.1) is 11.3 Å². The van der Waals surface area contributed by atoms with Gasteiger partial charge in [0.25, 0.3) is 11.8 Å². The van der Waals surface area contributed by atoms with E-state index in [0.717, 1.165) is 10.6 Å². The van der Waals surface area contributed by atoms with Gasteiger partial charge in [0, 0.05) is 17.7 Å². The fraction of sp³-hybridized carbons (Fsp3) is 0.200. The summed E-state index contributed by atoms with van der Waals surface area (Å²) in [6, 6.07) is 9.75. The summed E-state index contributed by atoms with van der Waals surface area (Å²) in [6.07, 6.45) is 1.40. The highest BCUT2D eigenvalue weighted by atomic mass is 32.1. The van der Waals surface area contributed by atoms with Gasteiger partial charge < -0.3 is 20.8 Å². The third-order valence-electron chi connectivity index (χ3n) is 5.08. The number of phenols is 1. The Hall–Kier alpha value is -3.98. The van der Waals surface area contributed by atoms with Crippen LogP contribution in [0.15, 0.2) is 42.1 Å². The Kier molecular flexibility index (Phi) is 7.47. The van der Waals surface area contributed by atoms with Crippen LogP contribution in [0, 0.1) is 27.7 Å². The van der Waals surface area contributed by atoms with E-state index < -0.39 is 11.9 Å². The molecule has 0 unspecified atom stereocenters. The molecule has 9 heteroatoms. The summed E-state index contributed by atoms with van der Waals surface area (Å²) < 4.78 is 0. The molecule has 0 bridgehead atoms. The molecule has 0 atom stereocenters. The fourth-order valence-corrected chi connectivity index (χ4v) is 4.42. The lowest BCUT2D eigenvalue weighted by molar-refractivity contribution is -0.132. The molecule has 0 spiro atoms. The van der Waals surface area contributed by atoms with Gasteiger partial charge in [0.05, 0.1) is 15.6 Å². The van der Waals surface area contributed by atoms with Crippen LogP contribution in [0.3, 0.4) is 0 Å². The Bertz CT molecular complexity index is 1290. The molecule has 34 heavy (non-hydrogen) atoms. The topological polar surface area (TPSA) is 129 Å². The number of carboxylic acid groups (broad SMARTS) is 1. The first-order valence-electron chi connectivity index (χ1n) is 10.4. The maximum Gasteiger partial charge on any atom is 0.352 e. The Morgan fingerprint density at radius 3 is 2.26 bits per heavy atom. The average molecular weight is 480 g/mol. The lowest BCUT2D eigenvalue weighted by Gasteiger charge is -2.13. The number of phenolic OH excluding ortho intramolecular Hbond substituents is 1. The van der Waals surface area contributed by atoms with Gasteiger partial charge >= 0.3 is 5.97 Å². The molecule has 0 aliphatic rings. The highest BCUT2D eigenvalue weighted by Crippen LogP contribution is 2.21. The van der Waals surface area contributed by atoms with Gasteiger partial charge in [-0.3, -0.25) is 9.59 Å². The molecule has 1 aromatic heterocycles. The number of carbonyl (C=O) groups excluding carboxylic acids is 2. The van der Waals surface area contributed by atoms with Gasteiger partial charge in [-0.25, -0.2) is 9.78 Å². The second-order valence-electron chi connectivity index (χ2n) is 7.84. The zero-order valence-corrected chi connectivity index (χ0v) is 20.0. The molecular weight excluding hydrogens is 454 g/mol. The van der Waals surface area contributed by atoms with Crippen molar-refractivity contribution in [2.75, 3.05) is 0 Å². The Morgan fingerprint density at radius 1 is 1.03 bits per heavy atom. The number of carboxylic acids is 1. The van der Waals surface area contributed by atoms with Crippen molar-refractivity contribution in [1.82, 2.24) is 15.6 Å². The minimum Gasteiger partial charge on any atom is -0.508 e. The molecular formula is C25H25N3O5S. The number of aromatic hydroxyl groups is 1. The zero-order valence-electron chi connectivity index (χ0n) is 19.2. The van der Waals surface area contributed by atoms with Gasteiger partial charge in [-0.2, -0.15) is 0 Å². The van der Waals surface area contributed by atoms with Gasteiger partial charge in [0.1, 0.15) is 11.4 Å². The van der Waals surface area contributed by atoms with Crippen LogP contribution in [0.1, 0.15) is 53.0 Å². The van der Waals surface area contributed by atoms with Gasteiger partial charge in [0.15, 0.2) is 0 Å². The van der Waals surface area contributed by atoms with Crippen molar-refractivity contribution in [2.45, 2.75) is 34.2 Å². The summed E-state index contributed by atoms with van der Waals surface area (Å²) in [5.74, 6) is -2.06. The maximum absolute atomic E-state index is 13.0. The molecule has 0 fully saturated rings. The highest BCUT2D eigenvalue weighted by Gasteiger charge is 2.20. The number of aromatic nitrogens is 1. The van der Waals surface area contributed by atoms with Crippen molar-refractivity contribution in [1.29, 1.82) is 0 Å². The Morgan fingerprint density at radius 2 is 1.71 bits per heavy atom. The third kappa shape index (κ3) is 5.87. The molecule has 0 radical (unpaired) electrons. The predicted molar refractivity (Wildman–Crippen MR) is 130 cm³/mol. The van der Waals surface area contributed by atoms with Crippen molar-refractivity contribution in [2.24, 2.45) is 0 Å². The van der Waals surface area contributed by atoms with E-state index in [1.54, 1.807) is 57.2 Å². The average Bonchev–Trinajstić information content (AvgIpc) is 3.07. The summed E-state index contributed by atoms with van der Waals surface area (Å²) in [4.78, 5) is 42.3. The van der Waals surface area contributed by atoms with E-state index >= 15 is 0 Å². The van der Waals surface area contributed by atoms with Crippen molar-refractivity contribution >= 4 is 35.2 Å². The predicted octanol–water partition coefficient (Wildman–Crippen LogP) is 3.87. The fourth-order valence-electron chi connectivity index (χ4n) is 3.55. The van der Waals surface area contributed by atoms with E-state index in [2.05, 4.69) is 15.6 Å². The lowest BCUT2D eigenvalue weighted by Crippen LogP contribution is -2.29. The first-order chi connectivity index (χ1) is 16.0. The van der Waals surface area contributed by atoms with Crippen LogP contribution in [0.4, 0.5) is 0 Å². The molecule has 3 aromatic rings. The number of aliphatic carboxylic acids is 1. The third-order valence-corrected chi connectivity index (χ3v) is 6.10. The zero-order chi connectivity index (χ0) is 25.0. The number of aryl methyl sites for hydroxylation is 4. The highest BCUT2D eigenvalue weighted by molar-refractivity contribution is 7.12. The molecule has 8 nitrogen and oxygen atoms in total. The molecule has 2 aromatic carbocycles. The summed E-state index contributed by atoms with van der Waals surface area (Å²) in [7, 11) is 0. The van der Waals surface area contributed by atoms with Crippen molar-refractivity contribution in [3.8, 4) is 5.75 Å². The molecule has 0 aliphatic heterocycles. The van der Waals surface area contributed by atoms with Crippen molar-refractivity contribution in [3.05, 3.63) is 85.5 Å². The second kappa shape index (κ2) is 10.3. The number of amides is 2. The first-order valence-corrected chi connectivity index (χ1v) is 11.2. The van der Waals surface area contributed by atoms with Crippen LogP contribution in [0.2, 0.25) is 0 Å². The Balaban J connectivity index is 1.79. The van der Waals surface area contributed by atoms with E-state index in [1.807, 2.05) is 6.92 Å². The largest absolute Gasteiger partial charge is 0.508 e. The molecule has 1 heterocycles. The van der Waals surface area contributed by atoms with Crippen LogP contribution in [-0.2, 0) is 11.3 Å². The van der Waals surface area contributed by atoms with Crippen LogP contribution < -0.4 is 10.6 Å². The quantitative estimate of drug-likeness (QED) is 0.381. The van der Waals surface area contributed by atoms with Gasteiger partial charge in [-0.05, 0) is 74.7 Å². The van der Waals surface area contributed by atoms with Crippen LogP contribution in [-0.4, -0.2) is 33.0 Å². The minimum atomic E-state index is -1.27. The monoisotopic (exact) mass is 479 g/mol. The van der Waals surface area contributed by atoms with E-state index in [9.17, 15) is 24.6 Å². The van der Waals surface area contributed by atoms with Crippen LogP contribution in [0.25, 0.3) is 6.08 Å². The number of rotatable bonds is 7. The van der Waals surface area contributed by atoms with E-state index in [0.29, 0.717) is 32.8 Å². The van der Waals surface area contributed by atoms with E-state index in [1.165, 1.54) is 17.4 Å². The number of nitrogens with zero attached hydrogens (tertiary/aromatic N) is 1. The number of carbonyl (C=O) groups is 3. The molecule has 0 saturated heterocycles. The Labute approximate surface area is 201 Å². The summed E-state index contributed by atoms with van der Waals surface area (Å²) in [5.41, 5.74) is 2.92. The van der Waals surface area contributed by atoms with Gasteiger partial charge in [-0.1, -0.05) is 12.1 Å². The summed E-state index contributed by atoms with van der Waals surface area (Å²) in [5, 5.41) is 25.2. The van der Waals surface area contributed by atoms with E-state index in [4.69, 9.17) is 0 Å². The SMILES string of the molecule is Cc1nc(C)c(/C=C(\NC(=O)c2c(C)cc(C(=O)NCc3cccc(O)c3)cc2C)C(=O)O)s1. The van der Waals surface area contributed by atoms with Gasteiger partial charge in [0.2, 0.25) is 0 Å².